The lowest BCUT2D eigenvalue weighted by molar-refractivity contribution is 0.959. The number of aromatic nitrogens is 2. The molecule has 4 nitrogen and oxygen atoms in total. The van der Waals surface area contributed by atoms with Gasteiger partial charge in [0.15, 0.2) is 0 Å². The average molecular weight is 137 g/mol. The molecular weight excluding hydrogens is 128 g/mol. The Labute approximate surface area is 59.3 Å². The maximum atomic E-state index is 7.00. The molecule has 53 valence electrons. The Morgan fingerprint density at radius 3 is 2.90 bits per heavy atom. The van der Waals surface area contributed by atoms with Gasteiger partial charge in [-0.2, -0.15) is 0 Å². The van der Waals surface area contributed by atoms with Crippen molar-refractivity contribution in [3.63, 3.8) is 0 Å². The molecule has 0 saturated heterocycles. The van der Waals surface area contributed by atoms with Crippen LogP contribution < -0.4 is 11.5 Å². The summed E-state index contributed by atoms with van der Waals surface area (Å²) in [6.45, 7) is 1.91. The molecule has 0 atom stereocenters. The van der Waals surface area contributed by atoms with Crippen LogP contribution in [0, 0.1) is 6.92 Å². The van der Waals surface area contributed by atoms with Crippen LogP contribution in [0.4, 0.5) is 5.82 Å². The van der Waals surface area contributed by atoms with Gasteiger partial charge in [0.2, 0.25) is 0 Å². The van der Waals surface area contributed by atoms with Crippen LogP contribution in [0.15, 0.2) is 6.20 Å². The molecule has 0 spiro atoms. The number of aryl methyl sites for hydroxylation is 1. The maximum absolute atomic E-state index is 7.00. The summed E-state index contributed by atoms with van der Waals surface area (Å²) in [5, 5.41) is 0. The third kappa shape index (κ3) is 1.22. The number of nitrogen functional groups attached to an aromatic ring is 1. The first kappa shape index (κ1) is 6.95. The molecule has 0 fully saturated rings. The van der Waals surface area contributed by atoms with Gasteiger partial charge in [-0.15, -0.1) is 0 Å². The highest BCUT2D eigenvalue weighted by Crippen LogP contribution is 2.04. The molecule has 0 aliphatic heterocycles. The zero-order valence-electron chi connectivity index (χ0n) is 5.76. The summed E-state index contributed by atoms with van der Waals surface area (Å²) >= 11 is 0. The second-order valence-electron chi connectivity index (χ2n) is 2.00. The Morgan fingerprint density at radius 1 is 1.70 bits per heavy atom. The molecule has 0 amide bonds. The van der Waals surface area contributed by atoms with E-state index in [-0.39, 0.29) is 6.54 Å². The molecule has 0 unspecified atom stereocenters. The van der Waals surface area contributed by atoms with Crippen molar-refractivity contribution in [1.29, 1.82) is 0 Å². The van der Waals surface area contributed by atoms with E-state index in [2.05, 4.69) is 9.97 Å². The van der Waals surface area contributed by atoms with Gasteiger partial charge < -0.3 is 5.73 Å². The Bertz CT molecular complexity index is 233. The molecule has 4 heteroatoms. The van der Waals surface area contributed by atoms with Gasteiger partial charge in [0.1, 0.15) is 11.6 Å². The smallest absolute Gasteiger partial charge is 0.131 e. The van der Waals surface area contributed by atoms with Crippen LogP contribution >= 0.6 is 0 Å². The van der Waals surface area contributed by atoms with Crippen molar-refractivity contribution >= 4 is 5.82 Å². The molecule has 1 rings (SSSR count). The predicted octanol–water partition coefficient (Wildman–Crippen LogP) is 0.150. The molecular formula is C6H9N4. The van der Waals surface area contributed by atoms with Gasteiger partial charge >= 0.3 is 0 Å². The minimum atomic E-state index is 0.145. The third-order valence-electron chi connectivity index (χ3n) is 1.21. The van der Waals surface area contributed by atoms with Crippen LogP contribution in [0.25, 0.3) is 0 Å². The molecule has 1 aromatic heterocycles. The van der Waals surface area contributed by atoms with Crippen LogP contribution in [-0.2, 0) is 6.54 Å². The minimum Gasteiger partial charge on any atom is -0.383 e. The zero-order chi connectivity index (χ0) is 7.56. The van der Waals surface area contributed by atoms with Gasteiger partial charge in [0.25, 0.3) is 0 Å². The number of hydrogen-bond acceptors (Lipinski definition) is 3. The van der Waals surface area contributed by atoms with Crippen LogP contribution in [-0.4, -0.2) is 9.97 Å². The van der Waals surface area contributed by atoms with Crippen LogP contribution in [0.1, 0.15) is 11.4 Å². The number of hydrogen-bond donors (Lipinski definition) is 1. The van der Waals surface area contributed by atoms with Gasteiger partial charge in [0.05, 0.1) is 0 Å². The Morgan fingerprint density at radius 2 is 2.40 bits per heavy atom. The summed E-state index contributed by atoms with van der Waals surface area (Å²) in [5.41, 5.74) is 13.1. The van der Waals surface area contributed by atoms with Crippen molar-refractivity contribution in [1.82, 2.24) is 15.7 Å². The van der Waals surface area contributed by atoms with E-state index in [1.807, 2.05) is 0 Å². The van der Waals surface area contributed by atoms with Gasteiger partial charge in [-0.1, -0.05) is 0 Å². The highest BCUT2D eigenvalue weighted by atomic mass is 14.9. The third-order valence-corrected chi connectivity index (χ3v) is 1.21. The van der Waals surface area contributed by atoms with Crippen LogP contribution in [0.5, 0.6) is 0 Å². The van der Waals surface area contributed by atoms with Crippen molar-refractivity contribution in [2.75, 3.05) is 5.73 Å². The van der Waals surface area contributed by atoms with Crippen LogP contribution in [0.3, 0.4) is 0 Å². The number of nitrogens with zero attached hydrogens (tertiary/aromatic N) is 2. The first-order valence-electron chi connectivity index (χ1n) is 2.96. The first-order valence-corrected chi connectivity index (χ1v) is 2.96. The van der Waals surface area contributed by atoms with E-state index in [0.717, 1.165) is 0 Å². The predicted molar refractivity (Wildman–Crippen MR) is 38.0 cm³/mol. The van der Waals surface area contributed by atoms with Gasteiger partial charge in [-0.05, 0) is 6.92 Å². The van der Waals surface area contributed by atoms with E-state index >= 15 is 0 Å². The summed E-state index contributed by atoms with van der Waals surface area (Å²) in [7, 11) is 0. The number of nitrogens with one attached hydrogen (secondary N) is 1. The quantitative estimate of drug-likeness (QED) is 0.598. The molecule has 0 aromatic carbocycles. The molecule has 1 radical (unpaired) electrons. The summed E-state index contributed by atoms with van der Waals surface area (Å²) in [5.74, 6) is 1.07. The van der Waals surface area contributed by atoms with E-state index in [1.165, 1.54) is 0 Å². The SMILES string of the molecule is Cc1ncc(C[NH])c(N)n1. The summed E-state index contributed by atoms with van der Waals surface area (Å²) in [4.78, 5) is 7.79. The Balaban J connectivity index is 3.07. The highest BCUT2D eigenvalue weighted by Gasteiger charge is 1.97. The lowest BCUT2D eigenvalue weighted by Gasteiger charge is -1.99. The second kappa shape index (κ2) is 2.62. The van der Waals surface area contributed by atoms with E-state index in [1.54, 1.807) is 13.1 Å². The van der Waals surface area contributed by atoms with Crippen molar-refractivity contribution in [2.45, 2.75) is 13.5 Å². The molecule has 0 aliphatic rings. The van der Waals surface area contributed by atoms with Gasteiger partial charge in [-0.3, -0.25) is 5.73 Å². The lowest BCUT2D eigenvalue weighted by Crippen LogP contribution is -2.01. The minimum absolute atomic E-state index is 0.145. The number of anilines is 1. The van der Waals surface area contributed by atoms with Crippen molar-refractivity contribution < 1.29 is 0 Å². The largest absolute Gasteiger partial charge is 0.383 e. The maximum Gasteiger partial charge on any atom is 0.131 e. The average Bonchev–Trinajstić information content (AvgIpc) is 1.88. The molecule has 3 N–H and O–H groups in total. The zero-order valence-corrected chi connectivity index (χ0v) is 5.76. The van der Waals surface area contributed by atoms with E-state index in [4.69, 9.17) is 11.5 Å². The van der Waals surface area contributed by atoms with Crippen molar-refractivity contribution in [2.24, 2.45) is 0 Å². The molecule has 1 aromatic rings. The topological polar surface area (TPSA) is 75.6 Å². The van der Waals surface area contributed by atoms with Crippen LogP contribution in [0.2, 0.25) is 0 Å². The second-order valence-corrected chi connectivity index (χ2v) is 2.00. The normalized spacial score (nSPS) is 9.80. The Hall–Kier alpha value is -1.16. The molecule has 0 aliphatic carbocycles. The first-order chi connectivity index (χ1) is 4.74. The van der Waals surface area contributed by atoms with Gasteiger partial charge in [-0.25, -0.2) is 9.97 Å². The fourth-order valence-electron chi connectivity index (χ4n) is 0.649. The van der Waals surface area contributed by atoms with E-state index in [0.29, 0.717) is 17.2 Å². The fourth-order valence-corrected chi connectivity index (χ4v) is 0.649. The van der Waals surface area contributed by atoms with Crippen molar-refractivity contribution in [3.8, 4) is 0 Å². The Kier molecular flexibility index (Phi) is 1.82. The molecule has 0 bridgehead atoms. The molecule has 1 heterocycles. The van der Waals surface area contributed by atoms with Gasteiger partial charge in [0, 0.05) is 18.3 Å². The summed E-state index contributed by atoms with van der Waals surface area (Å²) in [6.07, 6.45) is 1.59. The van der Waals surface area contributed by atoms with E-state index in [9.17, 15) is 0 Å². The standard InChI is InChI=1S/C6H9N4/c1-4-9-3-5(2-7)6(8)10-4/h3,7H,2H2,1H3,(H2,8,9,10). The fraction of sp³-hybridized carbons (Fsp3) is 0.333. The molecule has 10 heavy (non-hydrogen) atoms. The van der Waals surface area contributed by atoms with E-state index < -0.39 is 0 Å². The summed E-state index contributed by atoms with van der Waals surface area (Å²) in [6, 6.07) is 0. The monoisotopic (exact) mass is 137 g/mol. The summed E-state index contributed by atoms with van der Waals surface area (Å²) < 4.78 is 0. The van der Waals surface area contributed by atoms with Crippen molar-refractivity contribution in [3.05, 3.63) is 17.6 Å². The molecule has 0 saturated carbocycles. The number of rotatable bonds is 1. The number of nitrogens with two attached hydrogens (primary N) is 1. The lowest BCUT2D eigenvalue weighted by atomic mass is 10.3. The highest BCUT2D eigenvalue weighted by molar-refractivity contribution is 5.36.